The molecule has 0 spiro atoms. The van der Waals surface area contributed by atoms with E-state index in [4.69, 9.17) is 4.74 Å². The molecule has 4 rings (SSSR count). The van der Waals surface area contributed by atoms with E-state index < -0.39 is 0 Å². The SMILES string of the molecule is CN=C(NCC1CCCOC1c1ccccc1)N1CCN(Cc2ccccc2)CC1.I. The van der Waals surface area contributed by atoms with Crippen molar-refractivity contribution in [2.75, 3.05) is 46.4 Å². The maximum atomic E-state index is 6.16. The molecule has 2 aromatic carbocycles. The van der Waals surface area contributed by atoms with Crippen molar-refractivity contribution in [3.05, 3.63) is 71.8 Å². The van der Waals surface area contributed by atoms with Gasteiger partial charge in [-0.2, -0.15) is 0 Å². The highest BCUT2D eigenvalue weighted by Gasteiger charge is 2.28. The zero-order chi connectivity index (χ0) is 20.6. The molecule has 5 nitrogen and oxygen atoms in total. The number of rotatable bonds is 5. The topological polar surface area (TPSA) is 40.1 Å². The molecule has 0 bridgehead atoms. The Morgan fingerprint density at radius 1 is 1.00 bits per heavy atom. The van der Waals surface area contributed by atoms with Crippen molar-refractivity contribution < 1.29 is 4.74 Å². The van der Waals surface area contributed by atoms with Gasteiger partial charge in [-0.3, -0.25) is 9.89 Å². The Balaban J connectivity index is 0.00000272. The molecule has 168 valence electrons. The zero-order valence-electron chi connectivity index (χ0n) is 18.5. The van der Waals surface area contributed by atoms with Gasteiger partial charge in [-0.1, -0.05) is 60.7 Å². The van der Waals surface area contributed by atoms with Crippen LogP contribution < -0.4 is 5.32 Å². The Hall–Kier alpha value is -1.64. The van der Waals surface area contributed by atoms with Crippen LogP contribution in [0.3, 0.4) is 0 Å². The van der Waals surface area contributed by atoms with Gasteiger partial charge in [0.15, 0.2) is 5.96 Å². The lowest BCUT2D eigenvalue weighted by atomic mass is 9.89. The largest absolute Gasteiger partial charge is 0.373 e. The number of hydrogen-bond donors (Lipinski definition) is 1. The van der Waals surface area contributed by atoms with E-state index in [0.29, 0.717) is 5.92 Å². The van der Waals surface area contributed by atoms with Crippen LogP contribution in [0.15, 0.2) is 65.7 Å². The molecule has 2 saturated heterocycles. The third-order valence-electron chi connectivity index (χ3n) is 6.23. The molecule has 0 saturated carbocycles. The van der Waals surface area contributed by atoms with Crippen LogP contribution in [-0.4, -0.2) is 62.1 Å². The summed E-state index contributed by atoms with van der Waals surface area (Å²) in [5.74, 6) is 1.49. The maximum Gasteiger partial charge on any atom is 0.193 e. The van der Waals surface area contributed by atoms with Crippen molar-refractivity contribution in [3.8, 4) is 0 Å². The van der Waals surface area contributed by atoms with E-state index >= 15 is 0 Å². The Morgan fingerprint density at radius 3 is 2.35 bits per heavy atom. The summed E-state index contributed by atoms with van der Waals surface area (Å²) in [7, 11) is 1.89. The quantitative estimate of drug-likeness (QED) is 0.356. The highest BCUT2D eigenvalue weighted by atomic mass is 127. The van der Waals surface area contributed by atoms with Gasteiger partial charge in [0, 0.05) is 58.8 Å². The second-order valence-corrected chi connectivity index (χ2v) is 8.28. The van der Waals surface area contributed by atoms with E-state index in [2.05, 4.69) is 80.8 Å². The molecular formula is C25H35IN4O. The number of nitrogens with one attached hydrogen (secondary N) is 1. The van der Waals surface area contributed by atoms with Crippen molar-refractivity contribution in [2.24, 2.45) is 10.9 Å². The average Bonchev–Trinajstić information content (AvgIpc) is 2.82. The van der Waals surface area contributed by atoms with E-state index in [1.807, 2.05) is 7.05 Å². The molecule has 0 radical (unpaired) electrons. The normalized spacial score (nSPS) is 22.6. The molecule has 2 atom stereocenters. The smallest absolute Gasteiger partial charge is 0.193 e. The summed E-state index contributed by atoms with van der Waals surface area (Å²) in [5, 5.41) is 3.65. The first-order valence-corrected chi connectivity index (χ1v) is 11.2. The van der Waals surface area contributed by atoms with Crippen LogP contribution in [0.25, 0.3) is 0 Å². The van der Waals surface area contributed by atoms with Gasteiger partial charge in [-0.15, -0.1) is 24.0 Å². The second-order valence-electron chi connectivity index (χ2n) is 8.28. The van der Waals surface area contributed by atoms with Crippen molar-refractivity contribution in [3.63, 3.8) is 0 Å². The lowest BCUT2D eigenvalue weighted by Gasteiger charge is -2.38. The third-order valence-corrected chi connectivity index (χ3v) is 6.23. The van der Waals surface area contributed by atoms with Crippen molar-refractivity contribution in [1.29, 1.82) is 0 Å². The Bertz CT molecular complexity index is 794. The summed E-state index contributed by atoms with van der Waals surface area (Å²) in [6.07, 6.45) is 2.49. The minimum atomic E-state index is 0. The standard InChI is InChI=1S/C25H34N4O.HI/c1-26-25(29-16-14-28(15-17-29)20-21-9-4-2-5-10-21)27-19-23-13-8-18-30-24(23)22-11-6-3-7-12-22;/h2-7,9-12,23-24H,8,13-20H2,1H3,(H,26,27);1H. The van der Waals surface area contributed by atoms with Crippen molar-refractivity contribution in [1.82, 2.24) is 15.1 Å². The van der Waals surface area contributed by atoms with Gasteiger partial charge in [0.05, 0.1) is 6.10 Å². The predicted octanol–water partition coefficient (Wildman–Crippen LogP) is 4.17. The number of nitrogens with zero attached hydrogens (tertiary/aromatic N) is 3. The fraction of sp³-hybridized carbons (Fsp3) is 0.480. The molecule has 2 heterocycles. The summed E-state index contributed by atoms with van der Waals surface area (Å²) >= 11 is 0. The summed E-state index contributed by atoms with van der Waals surface area (Å²) < 4.78 is 6.16. The first kappa shape index (κ1) is 24.0. The maximum absolute atomic E-state index is 6.16. The minimum absolute atomic E-state index is 0. The van der Waals surface area contributed by atoms with Gasteiger partial charge < -0.3 is 15.0 Å². The molecule has 1 N–H and O–H groups in total. The van der Waals surface area contributed by atoms with Crippen LogP contribution in [0.2, 0.25) is 0 Å². The highest BCUT2D eigenvalue weighted by molar-refractivity contribution is 14.0. The van der Waals surface area contributed by atoms with Crippen LogP contribution >= 0.6 is 24.0 Å². The zero-order valence-corrected chi connectivity index (χ0v) is 20.8. The molecule has 0 aliphatic carbocycles. The van der Waals surface area contributed by atoms with Crippen LogP contribution in [0.1, 0.15) is 30.1 Å². The number of guanidine groups is 1. The average molecular weight is 534 g/mol. The van der Waals surface area contributed by atoms with E-state index in [0.717, 1.165) is 58.3 Å². The van der Waals surface area contributed by atoms with E-state index in [1.54, 1.807) is 0 Å². The third kappa shape index (κ3) is 6.67. The number of hydrogen-bond acceptors (Lipinski definition) is 3. The van der Waals surface area contributed by atoms with Crippen LogP contribution in [0, 0.1) is 5.92 Å². The van der Waals surface area contributed by atoms with E-state index in [-0.39, 0.29) is 30.1 Å². The number of benzene rings is 2. The molecule has 2 aliphatic heterocycles. The second kappa shape index (κ2) is 12.4. The molecular weight excluding hydrogens is 499 g/mol. The lowest BCUT2D eigenvalue weighted by molar-refractivity contribution is -0.0267. The van der Waals surface area contributed by atoms with Crippen LogP contribution in [0.5, 0.6) is 0 Å². The first-order valence-electron chi connectivity index (χ1n) is 11.2. The number of aliphatic imine (C=N–C) groups is 1. The molecule has 0 amide bonds. The van der Waals surface area contributed by atoms with Gasteiger partial charge in [-0.25, -0.2) is 0 Å². The Morgan fingerprint density at radius 2 is 1.68 bits per heavy atom. The van der Waals surface area contributed by atoms with Gasteiger partial charge >= 0.3 is 0 Å². The number of ether oxygens (including phenoxy) is 1. The summed E-state index contributed by atoms with van der Waals surface area (Å²) in [6, 6.07) is 21.4. The van der Waals surface area contributed by atoms with Crippen LogP contribution in [0.4, 0.5) is 0 Å². The summed E-state index contributed by atoms with van der Waals surface area (Å²) in [6.45, 7) is 6.93. The molecule has 0 aromatic heterocycles. The Kier molecular flexibility index (Phi) is 9.61. The molecule has 2 unspecified atom stereocenters. The number of halogens is 1. The van der Waals surface area contributed by atoms with Gasteiger partial charge in [0.25, 0.3) is 0 Å². The molecule has 2 aromatic rings. The van der Waals surface area contributed by atoms with Crippen molar-refractivity contribution in [2.45, 2.75) is 25.5 Å². The fourth-order valence-electron chi connectivity index (χ4n) is 4.58. The number of piperazine rings is 1. The Labute approximate surface area is 203 Å². The van der Waals surface area contributed by atoms with Gasteiger partial charge in [0.1, 0.15) is 0 Å². The molecule has 2 fully saturated rings. The molecule has 31 heavy (non-hydrogen) atoms. The summed E-state index contributed by atoms with van der Waals surface area (Å²) in [4.78, 5) is 9.49. The van der Waals surface area contributed by atoms with E-state index in [9.17, 15) is 0 Å². The van der Waals surface area contributed by atoms with Crippen LogP contribution in [-0.2, 0) is 11.3 Å². The minimum Gasteiger partial charge on any atom is -0.373 e. The highest BCUT2D eigenvalue weighted by Crippen LogP contribution is 2.33. The first-order chi connectivity index (χ1) is 14.8. The monoisotopic (exact) mass is 534 g/mol. The lowest BCUT2D eigenvalue weighted by Crippen LogP contribution is -2.53. The van der Waals surface area contributed by atoms with Gasteiger partial charge in [0.2, 0.25) is 0 Å². The predicted molar refractivity (Wildman–Crippen MR) is 138 cm³/mol. The summed E-state index contributed by atoms with van der Waals surface area (Å²) in [5.41, 5.74) is 2.67. The molecule has 6 heteroatoms. The fourth-order valence-corrected chi connectivity index (χ4v) is 4.58. The van der Waals surface area contributed by atoms with E-state index in [1.165, 1.54) is 17.5 Å². The van der Waals surface area contributed by atoms with Gasteiger partial charge in [-0.05, 0) is 24.0 Å². The molecule has 2 aliphatic rings. The van der Waals surface area contributed by atoms with Crippen molar-refractivity contribution >= 4 is 29.9 Å².